The minimum Gasteiger partial charge on any atom is -0.475 e. The average molecular weight is 438 g/mol. The van der Waals surface area contributed by atoms with E-state index in [1.54, 1.807) is 6.20 Å². The van der Waals surface area contributed by atoms with Crippen molar-refractivity contribution in [2.75, 3.05) is 6.54 Å². The molecule has 6 rings (SSSR count). The summed E-state index contributed by atoms with van der Waals surface area (Å²) >= 11 is 0. The van der Waals surface area contributed by atoms with Gasteiger partial charge in [0.1, 0.15) is 11.9 Å². The number of benzene rings is 1. The van der Waals surface area contributed by atoms with Gasteiger partial charge in [-0.15, -0.1) is 0 Å². The van der Waals surface area contributed by atoms with Crippen LogP contribution in [-0.4, -0.2) is 63.6 Å². The molecule has 0 radical (unpaired) electrons. The quantitative estimate of drug-likeness (QED) is 0.699. The normalized spacial score (nSPS) is 29.3. The summed E-state index contributed by atoms with van der Waals surface area (Å²) in [5.74, 6) is -2.35. The number of rotatable bonds is 2. The maximum atomic E-state index is 12.6. The number of para-hydroxylation sites is 1. The zero-order valence-corrected chi connectivity index (χ0v) is 16.4. The van der Waals surface area contributed by atoms with Gasteiger partial charge in [-0.3, -0.25) is 9.69 Å². The topological polar surface area (TPSA) is 99.7 Å². The van der Waals surface area contributed by atoms with Crippen molar-refractivity contribution in [1.82, 2.24) is 9.88 Å². The minimum absolute atomic E-state index is 0.0356. The Bertz CT molecular complexity index is 1000. The number of fused-ring (bicyclic) bond motifs is 2. The number of alkyl halides is 3. The van der Waals surface area contributed by atoms with E-state index in [0.29, 0.717) is 30.0 Å². The molecule has 10 heteroatoms. The molecule has 2 aromatic rings. The molecule has 166 valence electrons. The SMILES string of the molecule is O=C(O)C(F)(F)F.O=C(O[C@@H]1C[C@@H]2C[C@@H]3C[C@H](C1)N2CC3=O)c1c[nH]c2ccccc12. The van der Waals surface area contributed by atoms with Crippen molar-refractivity contribution in [1.29, 1.82) is 0 Å². The van der Waals surface area contributed by atoms with Crippen LogP contribution in [0.4, 0.5) is 13.2 Å². The highest BCUT2D eigenvalue weighted by Gasteiger charge is 2.49. The summed E-state index contributed by atoms with van der Waals surface area (Å²) in [6, 6.07) is 8.58. The second kappa shape index (κ2) is 7.99. The second-order valence-electron chi connectivity index (χ2n) is 8.16. The number of hydrogen-bond donors (Lipinski definition) is 2. The summed E-state index contributed by atoms with van der Waals surface area (Å²) in [6.07, 6.45) is 0.211. The molecule has 4 bridgehead atoms. The highest BCUT2D eigenvalue weighted by molar-refractivity contribution is 6.04. The van der Waals surface area contributed by atoms with Crippen LogP contribution in [-0.2, 0) is 14.3 Å². The zero-order valence-electron chi connectivity index (χ0n) is 16.4. The number of hydrogen-bond acceptors (Lipinski definition) is 5. The van der Waals surface area contributed by atoms with Gasteiger partial charge in [-0.2, -0.15) is 13.2 Å². The molecule has 0 aliphatic carbocycles. The van der Waals surface area contributed by atoms with E-state index in [9.17, 15) is 22.8 Å². The summed E-state index contributed by atoms with van der Waals surface area (Å²) in [6.45, 7) is 0.600. The molecule has 5 atom stereocenters. The van der Waals surface area contributed by atoms with Crippen molar-refractivity contribution in [3.8, 4) is 0 Å². The van der Waals surface area contributed by atoms with Crippen LogP contribution in [0.5, 0.6) is 0 Å². The van der Waals surface area contributed by atoms with Crippen molar-refractivity contribution in [3.63, 3.8) is 0 Å². The molecule has 31 heavy (non-hydrogen) atoms. The van der Waals surface area contributed by atoms with Crippen LogP contribution < -0.4 is 0 Å². The number of esters is 1. The van der Waals surface area contributed by atoms with E-state index in [0.717, 1.165) is 36.6 Å². The molecule has 4 aliphatic heterocycles. The maximum absolute atomic E-state index is 12.6. The van der Waals surface area contributed by atoms with E-state index < -0.39 is 12.1 Å². The number of carbonyl (C=O) groups is 3. The van der Waals surface area contributed by atoms with Gasteiger partial charge in [0, 0.05) is 47.9 Å². The van der Waals surface area contributed by atoms with Gasteiger partial charge in [0.05, 0.1) is 12.1 Å². The number of Topliss-reactive ketones (excluding diaryl/α,β-unsaturated/α-hetero) is 1. The van der Waals surface area contributed by atoms with Gasteiger partial charge < -0.3 is 14.8 Å². The van der Waals surface area contributed by atoms with Crippen molar-refractivity contribution >= 4 is 28.6 Å². The van der Waals surface area contributed by atoms with E-state index in [1.165, 1.54) is 0 Å². The molecule has 0 saturated carbocycles. The molecule has 7 nitrogen and oxygen atoms in total. The molecule has 1 unspecified atom stereocenters. The van der Waals surface area contributed by atoms with Gasteiger partial charge in [0.2, 0.25) is 0 Å². The van der Waals surface area contributed by atoms with Crippen LogP contribution in [0.25, 0.3) is 10.9 Å². The molecule has 1 aromatic carbocycles. The first kappa shape index (κ1) is 21.4. The number of carboxylic acids is 1. The van der Waals surface area contributed by atoms with Crippen LogP contribution in [0, 0.1) is 5.92 Å². The number of nitrogens with one attached hydrogen (secondary N) is 1. The molecule has 0 spiro atoms. The Morgan fingerprint density at radius 2 is 1.71 bits per heavy atom. The van der Waals surface area contributed by atoms with Crippen LogP contribution in [0.1, 0.15) is 36.0 Å². The monoisotopic (exact) mass is 438 g/mol. The number of aliphatic carboxylic acids is 1. The number of ether oxygens (including phenoxy) is 1. The van der Waals surface area contributed by atoms with E-state index >= 15 is 0 Å². The van der Waals surface area contributed by atoms with E-state index in [2.05, 4.69) is 9.88 Å². The average Bonchev–Trinajstić information content (AvgIpc) is 3.12. The molecule has 4 saturated heterocycles. The smallest absolute Gasteiger partial charge is 0.475 e. The van der Waals surface area contributed by atoms with Gasteiger partial charge in [0.25, 0.3) is 0 Å². The third-order valence-electron chi connectivity index (χ3n) is 6.24. The number of H-pyrrole nitrogens is 1. The van der Waals surface area contributed by atoms with Gasteiger partial charge in [-0.25, -0.2) is 9.59 Å². The lowest BCUT2D eigenvalue weighted by Crippen LogP contribution is -2.63. The van der Waals surface area contributed by atoms with Gasteiger partial charge in [-0.1, -0.05) is 18.2 Å². The largest absolute Gasteiger partial charge is 0.490 e. The maximum Gasteiger partial charge on any atom is 0.490 e. The first-order chi connectivity index (χ1) is 14.6. The second-order valence-corrected chi connectivity index (χ2v) is 8.16. The van der Waals surface area contributed by atoms with Gasteiger partial charge >= 0.3 is 18.1 Å². The lowest BCUT2D eigenvalue weighted by atomic mass is 9.72. The Hall–Kier alpha value is -2.88. The Balaban J connectivity index is 0.000000289. The number of aromatic nitrogens is 1. The summed E-state index contributed by atoms with van der Waals surface area (Å²) in [5.41, 5.74) is 1.56. The predicted molar refractivity (Wildman–Crippen MR) is 102 cm³/mol. The fraction of sp³-hybridized carbons (Fsp3) is 0.476. The van der Waals surface area contributed by atoms with Crippen molar-refractivity contribution in [2.24, 2.45) is 5.92 Å². The molecular formula is C21H21F3N2O5. The third-order valence-corrected chi connectivity index (χ3v) is 6.24. The van der Waals surface area contributed by atoms with Crippen LogP contribution >= 0.6 is 0 Å². The van der Waals surface area contributed by atoms with Crippen molar-refractivity contribution < 1.29 is 37.4 Å². The van der Waals surface area contributed by atoms with Crippen molar-refractivity contribution in [2.45, 2.75) is 50.0 Å². The van der Waals surface area contributed by atoms with E-state index in [-0.39, 0.29) is 18.0 Å². The van der Waals surface area contributed by atoms with Crippen LogP contribution in [0.15, 0.2) is 30.5 Å². The highest BCUT2D eigenvalue weighted by Crippen LogP contribution is 2.42. The lowest BCUT2D eigenvalue weighted by molar-refractivity contribution is -0.192. The molecule has 2 N–H and O–H groups in total. The number of carboxylic acid groups (broad SMARTS) is 1. The molecule has 0 amide bonds. The Morgan fingerprint density at radius 1 is 1.10 bits per heavy atom. The standard InChI is InChI=1S/C19H20N2O3.C2HF3O2/c22-18-10-21-12-5-11(18)6-13(21)8-14(7-12)24-19(23)16-9-20-17-4-2-1-3-15(16)17;3-2(4,5)1(6)7/h1-4,9,11-14,20H,5-8,10H2;(H,6,7)/t11-,12+,13-,14-;. The number of nitrogens with zero attached hydrogens (tertiary/aromatic N) is 1. The number of ketones is 1. The third kappa shape index (κ3) is 4.30. The number of piperidine rings is 4. The van der Waals surface area contributed by atoms with Gasteiger partial charge in [0.15, 0.2) is 0 Å². The van der Waals surface area contributed by atoms with Crippen LogP contribution in [0.3, 0.4) is 0 Å². The first-order valence-electron chi connectivity index (χ1n) is 9.99. The van der Waals surface area contributed by atoms with Crippen LogP contribution in [0.2, 0.25) is 0 Å². The Labute approximate surface area is 175 Å². The summed E-state index contributed by atoms with van der Waals surface area (Å²) < 4.78 is 37.6. The lowest BCUT2D eigenvalue weighted by Gasteiger charge is -2.54. The first-order valence-corrected chi connectivity index (χ1v) is 9.99. The zero-order chi connectivity index (χ0) is 22.3. The molecular weight excluding hydrogens is 417 g/mol. The highest BCUT2D eigenvalue weighted by atomic mass is 19.4. The number of carbonyl (C=O) groups excluding carboxylic acids is 2. The molecule has 4 aliphatic rings. The minimum atomic E-state index is -5.08. The molecule has 4 fully saturated rings. The summed E-state index contributed by atoms with van der Waals surface area (Å²) in [5, 5.41) is 8.03. The number of halogens is 3. The number of aromatic amines is 1. The fourth-order valence-electron chi connectivity index (χ4n) is 4.87. The van der Waals surface area contributed by atoms with Gasteiger partial charge in [-0.05, 0) is 18.9 Å². The fourth-order valence-corrected chi connectivity index (χ4v) is 4.87. The summed E-state index contributed by atoms with van der Waals surface area (Å²) in [7, 11) is 0. The Morgan fingerprint density at radius 3 is 2.29 bits per heavy atom. The molecule has 5 heterocycles. The Kier molecular flexibility index (Phi) is 5.50. The van der Waals surface area contributed by atoms with Crippen molar-refractivity contribution in [3.05, 3.63) is 36.0 Å². The summed E-state index contributed by atoms with van der Waals surface area (Å²) in [4.78, 5) is 38.9. The van der Waals surface area contributed by atoms with E-state index in [1.807, 2.05) is 24.3 Å². The predicted octanol–water partition coefficient (Wildman–Crippen LogP) is 3.15. The van der Waals surface area contributed by atoms with E-state index in [4.69, 9.17) is 14.6 Å². The molecule has 1 aromatic heterocycles.